The van der Waals surface area contributed by atoms with E-state index in [1.807, 2.05) is 17.6 Å². The van der Waals surface area contributed by atoms with Gasteiger partial charge in [0.2, 0.25) is 0 Å². The summed E-state index contributed by atoms with van der Waals surface area (Å²) in [6.07, 6.45) is 8.46. The van der Waals surface area contributed by atoms with E-state index in [2.05, 4.69) is 59.5 Å². The highest BCUT2D eigenvalue weighted by atomic mass is 32.2. The Kier molecular flexibility index (Phi) is 7.81. The highest BCUT2D eigenvalue weighted by Crippen LogP contribution is 2.35. The van der Waals surface area contributed by atoms with Gasteiger partial charge in [-0.05, 0) is 84.4 Å². The summed E-state index contributed by atoms with van der Waals surface area (Å²) in [4.78, 5) is 12.5. The lowest BCUT2D eigenvalue weighted by atomic mass is 9.91. The largest absolute Gasteiger partial charge is 0.489 e. The number of carbonyl (C=O) groups is 1. The summed E-state index contributed by atoms with van der Waals surface area (Å²) in [5, 5.41) is 12.7. The molecular formula is C28H36N2O3S. The molecule has 0 radical (unpaired) electrons. The first-order valence-electron chi connectivity index (χ1n) is 12.0. The van der Waals surface area contributed by atoms with Crippen molar-refractivity contribution >= 4 is 26.9 Å². The van der Waals surface area contributed by atoms with Gasteiger partial charge in [0.1, 0.15) is 17.9 Å². The zero-order chi connectivity index (χ0) is 24.0. The van der Waals surface area contributed by atoms with Gasteiger partial charge >= 0.3 is 0 Å². The Morgan fingerprint density at radius 2 is 1.65 bits per heavy atom. The Morgan fingerprint density at radius 3 is 2.24 bits per heavy atom. The Labute approximate surface area is 203 Å². The van der Waals surface area contributed by atoms with Crippen LogP contribution >= 0.6 is 9.21 Å². The van der Waals surface area contributed by atoms with Gasteiger partial charge in [-0.3, -0.25) is 15.3 Å². The van der Waals surface area contributed by atoms with Gasteiger partial charge in [-0.25, -0.2) is 14.7 Å². The number of rotatable bonds is 8. The predicted octanol–water partition coefficient (Wildman–Crippen LogP) is 5.03. The number of allylic oxidation sites excluding steroid dienone is 1. The molecule has 1 aliphatic carbocycles. The Hall–Kier alpha value is -2.54. The maximum absolute atomic E-state index is 12.5. The van der Waals surface area contributed by atoms with E-state index in [1.54, 1.807) is 0 Å². The molecule has 0 aromatic heterocycles. The Bertz CT molecular complexity index is 1110. The number of hydrogen-bond donors (Lipinski definition) is 3. The first kappa shape index (κ1) is 24.6. The van der Waals surface area contributed by atoms with E-state index in [0.29, 0.717) is 26.0 Å². The molecule has 6 heteroatoms. The molecule has 4 rings (SSSR count). The quantitative estimate of drug-likeness (QED) is 0.215. The topological polar surface area (TPSA) is 70.6 Å². The molecule has 1 aliphatic heterocycles. The van der Waals surface area contributed by atoms with Crippen molar-refractivity contribution in [2.75, 3.05) is 18.1 Å². The average Bonchev–Trinajstić information content (AvgIpc) is 2.88. The summed E-state index contributed by atoms with van der Waals surface area (Å²) in [6, 6.07) is 16.6. The van der Waals surface area contributed by atoms with Gasteiger partial charge in [0.15, 0.2) is 0 Å². The zero-order valence-electron chi connectivity index (χ0n) is 19.9. The third-order valence-corrected chi connectivity index (χ3v) is 9.18. The summed E-state index contributed by atoms with van der Waals surface area (Å²) in [6.45, 7) is 1.23. The standard InChI is InChI=1S/C28H36N2O3S/c1-34(2)18-16-28(17-19-34,27(31)30-32)29-20-22-8-10-24(11-9-22)25-12-14-26(15-13-25)33-21-23-6-4-3-5-7-23/h6,8-15,29,32H,1-5,7,16-21H2,(H,30,31). The highest BCUT2D eigenvalue weighted by molar-refractivity contribution is 8.27. The smallest absolute Gasteiger partial charge is 0.263 e. The van der Waals surface area contributed by atoms with Crippen molar-refractivity contribution in [1.82, 2.24) is 10.8 Å². The molecule has 5 nitrogen and oxygen atoms in total. The molecule has 0 spiro atoms. The van der Waals surface area contributed by atoms with Gasteiger partial charge < -0.3 is 4.74 Å². The first-order chi connectivity index (χ1) is 16.4. The molecule has 34 heavy (non-hydrogen) atoms. The van der Waals surface area contributed by atoms with E-state index in [9.17, 15) is 10.0 Å². The van der Waals surface area contributed by atoms with E-state index in [4.69, 9.17) is 4.74 Å². The highest BCUT2D eigenvalue weighted by Gasteiger charge is 2.40. The van der Waals surface area contributed by atoms with Crippen molar-refractivity contribution in [3.63, 3.8) is 0 Å². The van der Waals surface area contributed by atoms with Crippen LogP contribution in [0.4, 0.5) is 0 Å². The van der Waals surface area contributed by atoms with Crippen molar-refractivity contribution in [3.8, 4) is 16.9 Å². The van der Waals surface area contributed by atoms with Crippen molar-refractivity contribution in [2.24, 2.45) is 0 Å². The van der Waals surface area contributed by atoms with Crippen LogP contribution in [0.25, 0.3) is 11.1 Å². The SMILES string of the molecule is C=S1(=C)CCC(NCc2ccc(-c3ccc(OCC4=CCCCC4)cc3)cc2)(C(=O)NO)CC1. The molecule has 1 heterocycles. The normalized spacial score (nSPS) is 19.1. The van der Waals surface area contributed by atoms with Crippen LogP contribution in [0, 0.1) is 0 Å². The Morgan fingerprint density at radius 1 is 1.00 bits per heavy atom. The van der Waals surface area contributed by atoms with E-state index in [0.717, 1.165) is 40.4 Å². The molecule has 2 aromatic carbocycles. The molecule has 3 N–H and O–H groups in total. The molecule has 1 fully saturated rings. The summed E-state index contributed by atoms with van der Waals surface area (Å²) < 4.78 is 5.96. The van der Waals surface area contributed by atoms with Gasteiger partial charge in [0.05, 0.1) is 0 Å². The van der Waals surface area contributed by atoms with Crippen molar-refractivity contribution in [1.29, 1.82) is 0 Å². The van der Waals surface area contributed by atoms with Gasteiger partial charge in [0.25, 0.3) is 5.91 Å². The van der Waals surface area contributed by atoms with E-state index in [-0.39, 0.29) is 5.91 Å². The second-order valence-electron chi connectivity index (χ2n) is 9.63. The average molecular weight is 481 g/mol. The van der Waals surface area contributed by atoms with Gasteiger partial charge in [0, 0.05) is 6.54 Å². The van der Waals surface area contributed by atoms with Crippen LogP contribution in [0.15, 0.2) is 60.2 Å². The number of nitrogens with one attached hydrogen (secondary N) is 2. The maximum atomic E-state index is 12.5. The van der Waals surface area contributed by atoms with Gasteiger partial charge in [-0.15, -0.1) is 0 Å². The maximum Gasteiger partial charge on any atom is 0.263 e. The van der Waals surface area contributed by atoms with Crippen LogP contribution in [0.3, 0.4) is 0 Å². The Balaban J connectivity index is 1.35. The molecule has 0 bridgehead atoms. The van der Waals surface area contributed by atoms with Crippen molar-refractivity contribution in [2.45, 2.75) is 50.6 Å². The molecule has 2 aliphatic rings. The van der Waals surface area contributed by atoms with Gasteiger partial charge in [-0.2, -0.15) is 0 Å². The molecule has 0 unspecified atom stereocenters. The number of benzene rings is 2. The zero-order valence-corrected chi connectivity index (χ0v) is 20.7. The molecule has 2 aromatic rings. The lowest BCUT2D eigenvalue weighted by molar-refractivity contribution is -0.136. The fourth-order valence-electron chi connectivity index (χ4n) is 4.64. The van der Waals surface area contributed by atoms with Crippen molar-refractivity contribution in [3.05, 3.63) is 65.7 Å². The first-order valence-corrected chi connectivity index (χ1v) is 14.3. The van der Waals surface area contributed by atoms with Crippen LogP contribution < -0.4 is 15.5 Å². The third kappa shape index (κ3) is 6.12. The molecule has 1 saturated heterocycles. The van der Waals surface area contributed by atoms with Crippen LogP contribution in [0.1, 0.15) is 44.1 Å². The molecule has 0 atom stereocenters. The summed E-state index contributed by atoms with van der Waals surface area (Å²) in [5.74, 6) is 10.6. The predicted molar refractivity (Wildman–Crippen MR) is 144 cm³/mol. The summed E-state index contributed by atoms with van der Waals surface area (Å²) in [7, 11) is -1.14. The summed E-state index contributed by atoms with van der Waals surface area (Å²) in [5.41, 5.74) is 5.84. The van der Waals surface area contributed by atoms with Gasteiger partial charge in [-0.1, -0.05) is 54.2 Å². The van der Waals surface area contributed by atoms with E-state index >= 15 is 0 Å². The number of carbonyl (C=O) groups excluding carboxylic acids is 1. The number of amides is 1. The van der Waals surface area contributed by atoms with Crippen LogP contribution in [0.2, 0.25) is 0 Å². The fourth-order valence-corrected chi connectivity index (χ4v) is 6.41. The van der Waals surface area contributed by atoms with Crippen LogP contribution in [0.5, 0.6) is 5.75 Å². The number of hydroxylamine groups is 1. The molecule has 1 amide bonds. The second kappa shape index (κ2) is 10.8. The minimum Gasteiger partial charge on any atom is -0.489 e. The minimum absolute atomic E-state index is 0.374. The lowest BCUT2D eigenvalue weighted by Crippen LogP contribution is -2.58. The fraction of sp³-hybridized carbons (Fsp3) is 0.393. The second-order valence-corrected chi connectivity index (χ2v) is 12.9. The monoisotopic (exact) mass is 480 g/mol. The molecular weight excluding hydrogens is 444 g/mol. The van der Waals surface area contributed by atoms with E-state index < -0.39 is 14.7 Å². The molecule has 0 saturated carbocycles. The minimum atomic E-state index is -1.14. The molecule has 182 valence electrons. The van der Waals surface area contributed by atoms with E-state index in [1.165, 1.54) is 24.8 Å². The van der Waals surface area contributed by atoms with Crippen LogP contribution in [-0.2, 0) is 11.3 Å². The number of ether oxygens (including phenoxy) is 1. The summed E-state index contributed by atoms with van der Waals surface area (Å²) >= 11 is 0. The third-order valence-electron chi connectivity index (χ3n) is 7.04. The van der Waals surface area contributed by atoms with Crippen molar-refractivity contribution < 1.29 is 14.7 Å². The number of hydrogen-bond acceptors (Lipinski definition) is 4. The van der Waals surface area contributed by atoms with Crippen LogP contribution in [-0.4, -0.2) is 46.5 Å². The lowest BCUT2D eigenvalue weighted by Gasteiger charge is -2.39.